The van der Waals surface area contributed by atoms with Crippen LogP contribution in [-0.2, 0) is 10.0 Å². The van der Waals surface area contributed by atoms with Crippen LogP contribution in [0.3, 0.4) is 0 Å². The van der Waals surface area contributed by atoms with Crippen molar-refractivity contribution in [1.29, 1.82) is 5.26 Å². The molecule has 0 aromatic carbocycles. The van der Waals surface area contributed by atoms with E-state index in [-0.39, 0.29) is 6.42 Å². The molecular weight excluding hydrogens is 176 g/mol. The Morgan fingerprint density at radius 1 is 1.58 bits per heavy atom. The summed E-state index contributed by atoms with van der Waals surface area (Å²) in [6.07, 6.45) is 0.266. The fourth-order valence-electron chi connectivity index (χ4n) is 0.880. The predicted octanol–water partition coefficient (Wildman–Crippen LogP) is 0.603. The first-order chi connectivity index (χ1) is 5.19. The molecule has 0 aliphatic carbocycles. The zero-order chi connectivity index (χ0) is 9.99. The zero-order valence-electron chi connectivity index (χ0n) is 7.53. The van der Waals surface area contributed by atoms with Crippen LogP contribution in [0.4, 0.5) is 0 Å². The summed E-state index contributed by atoms with van der Waals surface area (Å²) in [5.74, 6) is 0. The van der Waals surface area contributed by atoms with Crippen LogP contribution in [0.2, 0.25) is 0 Å². The molecule has 5 heteroatoms. The van der Waals surface area contributed by atoms with Gasteiger partial charge in [0.05, 0.1) is 16.7 Å². The second-order valence-electron chi connectivity index (χ2n) is 3.60. The lowest BCUT2D eigenvalue weighted by Crippen LogP contribution is -2.30. The molecule has 0 saturated heterocycles. The minimum absolute atomic E-state index is 0.266. The van der Waals surface area contributed by atoms with Crippen LogP contribution in [0.5, 0.6) is 0 Å². The molecule has 0 rings (SSSR count). The van der Waals surface area contributed by atoms with Gasteiger partial charge in [-0.25, -0.2) is 13.6 Å². The van der Waals surface area contributed by atoms with E-state index in [1.165, 1.54) is 6.92 Å². The van der Waals surface area contributed by atoms with Crippen LogP contribution in [-0.4, -0.2) is 13.7 Å². The minimum atomic E-state index is -3.50. The molecule has 12 heavy (non-hydrogen) atoms. The van der Waals surface area contributed by atoms with Gasteiger partial charge >= 0.3 is 0 Å². The summed E-state index contributed by atoms with van der Waals surface area (Å²) in [5.41, 5.74) is -0.633. The Labute approximate surface area is 73.4 Å². The fraction of sp³-hybridized carbons (Fsp3) is 0.857. The van der Waals surface area contributed by atoms with Crippen molar-refractivity contribution in [1.82, 2.24) is 0 Å². The lowest BCUT2D eigenvalue weighted by molar-refractivity contribution is 0.440. The summed E-state index contributed by atoms with van der Waals surface area (Å²) in [4.78, 5) is 0. The van der Waals surface area contributed by atoms with Crippen molar-refractivity contribution in [2.75, 3.05) is 0 Å². The second kappa shape index (κ2) is 3.42. The van der Waals surface area contributed by atoms with Crippen LogP contribution in [0.1, 0.15) is 27.2 Å². The van der Waals surface area contributed by atoms with Gasteiger partial charge in [-0.2, -0.15) is 5.26 Å². The third-order valence-corrected chi connectivity index (χ3v) is 2.95. The van der Waals surface area contributed by atoms with Crippen molar-refractivity contribution in [3.63, 3.8) is 0 Å². The molecule has 0 bridgehead atoms. The first kappa shape index (κ1) is 11.4. The van der Waals surface area contributed by atoms with Crippen LogP contribution in [0.25, 0.3) is 0 Å². The number of nitrogens with two attached hydrogens (primary N) is 1. The van der Waals surface area contributed by atoms with Crippen LogP contribution in [0.15, 0.2) is 0 Å². The third kappa shape index (κ3) is 3.69. The summed E-state index contributed by atoms with van der Waals surface area (Å²) in [6, 6.07) is 2.02. The Kier molecular flexibility index (Phi) is 3.25. The molecule has 0 radical (unpaired) electrons. The fourth-order valence-corrected chi connectivity index (χ4v) is 1.53. The van der Waals surface area contributed by atoms with E-state index >= 15 is 0 Å². The SMILES string of the molecule is CC(CC(C)(C)C#N)S(N)(=O)=O. The van der Waals surface area contributed by atoms with Crippen LogP contribution < -0.4 is 5.14 Å². The summed E-state index contributed by atoms with van der Waals surface area (Å²) in [6.45, 7) is 4.89. The smallest absolute Gasteiger partial charge is 0.211 e. The topological polar surface area (TPSA) is 83.9 Å². The number of nitrogens with zero attached hydrogens (tertiary/aromatic N) is 1. The number of nitriles is 1. The number of rotatable bonds is 3. The molecule has 70 valence electrons. The molecule has 0 fully saturated rings. The maximum Gasteiger partial charge on any atom is 0.211 e. The normalized spacial score (nSPS) is 15.2. The highest BCUT2D eigenvalue weighted by molar-refractivity contribution is 7.89. The Hall–Kier alpha value is -0.600. The van der Waals surface area contributed by atoms with Crippen LogP contribution >= 0.6 is 0 Å². The molecule has 0 aliphatic heterocycles. The average Bonchev–Trinajstić information content (AvgIpc) is 1.85. The molecule has 0 heterocycles. The van der Waals surface area contributed by atoms with Crippen molar-refractivity contribution in [2.24, 2.45) is 10.6 Å². The van der Waals surface area contributed by atoms with Crippen molar-refractivity contribution < 1.29 is 8.42 Å². The van der Waals surface area contributed by atoms with Crippen molar-refractivity contribution in [3.8, 4) is 6.07 Å². The van der Waals surface area contributed by atoms with E-state index in [2.05, 4.69) is 0 Å². The zero-order valence-corrected chi connectivity index (χ0v) is 8.35. The lowest BCUT2D eigenvalue weighted by atomic mass is 9.90. The standard InChI is InChI=1S/C7H14N2O2S/c1-6(12(9,10)11)4-7(2,3)5-8/h6H,4H2,1-3H3,(H2,9,10,11). The van der Waals surface area contributed by atoms with E-state index in [1.54, 1.807) is 13.8 Å². The Bertz CT molecular complexity index is 287. The van der Waals surface area contributed by atoms with E-state index in [1.807, 2.05) is 6.07 Å². The van der Waals surface area contributed by atoms with E-state index in [4.69, 9.17) is 10.4 Å². The Balaban J connectivity index is 4.43. The van der Waals surface area contributed by atoms with Crippen molar-refractivity contribution in [3.05, 3.63) is 0 Å². The number of hydrogen-bond donors (Lipinski definition) is 1. The van der Waals surface area contributed by atoms with Gasteiger partial charge in [0.2, 0.25) is 10.0 Å². The highest BCUT2D eigenvalue weighted by Crippen LogP contribution is 2.22. The van der Waals surface area contributed by atoms with E-state index in [0.29, 0.717) is 0 Å². The van der Waals surface area contributed by atoms with Gasteiger partial charge in [0.15, 0.2) is 0 Å². The first-order valence-electron chi connectivity index (χ1n) is 3.62. The largest absolute Gasteiger partial charge is 0.228 e. The Morgan fingerprint density at radius 3 is 2.25 bits per heavy atom. The summed E-state index contributed by atoms with van der Waals surface area (Å²) < 4.78 is 21.6. The number of hydrogen-bond acceptors (Lipinski definition) is 3. The molecule has 1 atom stereocenters. The highest BCUT2D eigenvalue weighted by atomic mass is 32.2. The van der Waals surface area contributed by atoms with E-state index in [9.17, 15) is 8.42 Å². The average molecular weight is 190 g/mol. The second-order valence-corrected chi connectivity index (χ2v) is 5.58. The van der Waals surface area contributed by atoms with Gasteiger partial charge in [-0.15, -0.1) is 0 Å². The van der Waals surface area contributed by atoms with E-state index < -0.39 is 20.7 Å². The van der Waals surface area contributed by atoms with Gasteiger partial charge in [0, 0.05) is 0 Å². The highest BCUT2D eigenvalue weighted by Gasteiger charge is 2.26. The van der Waals surface area contributed by atoms with Gasteiger partial charge in [0.25, 0.3) is 0 Å². The first-order valence-corrected chi connectivity index (χ1v) is 5.23. The van der Waals surface area contributed by atoms with Gasteiger partial charge in [-0.3, -0.25) is 0 Å². The Morgan fingerprint density at radius 2 is 2.00 bits per heavy atom. The molecule has 0 aromatic heterocycles. The van der Waals surface area contributed by atoms with Crippen LogP contribution in [0, 0.1) is 16.7 Å². The third-order valence-electron chi connectivity index (χ3n) is 1.66. The molecular formula is C7H14N2O2S. The maximum atomic E-state index is 10.8. The summed E-state index contributed by atoms with van der Waals surface area (Å²) >= 11 is 0. The minimum Gasteiger partial charge on any atom is -0.228 e. The van der Waals surface area contributed by atoms with Gasteiger partial charge < -0.3 is 0 Å². The summed E-state index contributed by atoms with van der Waals surface area (Å²) in [7, 11) is -3.50. The monoisotopic (exact) mass is 190 g/mol. The quantitative estimate of drug-likeness (QED) is 0.707. The molecule has 0 aromatic rings. The van der Waals surface area contributed by atoms with Gasteiger partial charge in [-0.1, -0.05) is 0 Å². The molecule has 1 unspecified atom stereocenters. The van der Waals surface area contributed by atoms with Gasteiger partial charge in [0.1, 0.15) is 0 Å². The molecule has 0 aliphatic rings. The molecule has 0 spiro atoms. The van der Waals surface area contributed by atoms with Gasteiger partial charge in [-0.05, 0) is 27.2 Å². The maximum absolute atomic E-state index is 10.8. The predicted molar refractivity (Wildman–Crippen MR) is 46.6 cm³/mol. The molecule has 4 nitrogen and oxygen atoms in total. The van der Waals surface area contributed by atoms with E-state index in [0.717, 1.165) is 0 Å². The summed E-state index contributed by atoms with van der Waals surface area (Å²) in [5, 5.41) is 12.9. The van der Waals surface area contributed by atoms with Crippen molar-refractivity contribution >= 4 is 10.0 Å². The number of sulfonamides is 1. The molecule has 0 saturated carbocycles. The van der Waals surface area contributed by atoms with Crippen molar-refractivity contribution in [2.45, 2.75) is 32.4 Å². The molecule has 2 N–H and O–H groups in total. The molecule has 0 amide bonds. The number of primary sulfonamides is 1. The lowest BCUT2D eigenvalue weighted by Gasteiger charge is -2.18.